The monoisotopic (exact) mass is 1130 g/mol. The molecule has 12 nitrogen and oxygen atoms in total. The van der Waals surface area contributed by atoms with Crippen molar-refractivity contribution in [3.8, 4) is 5.75 Å². The molecule has 4 aromatic rings. The van der Waals surface area contributed by atoms with Gasteiger partial charge in [0.1, 0.15) is 23.9 Å². The van der Waals surface area contributed by atoms with E-state index in [9.17, 15) is 47.4 Å². The number of alkyl halides is 3. The van der Waals surface area contributed by atoms with Crippen LogP contribution in [0.1, 0.15) is 142 Å². The number of esters is 4. The first-order chi connectivity index (χ1) is 37.7. The fourth-order valence-corrected chi connectivity index (χ4v) is 15.9. The normalized spacial score (nSPS) is 27.2. The summed E-state index contributed by atoms with van der Waals surface area (Å²) in [4.78, 5) is 69.1. The van der Waals surface area contributed by atoms with Gasteiger partial charge in [-0.3, -0.25) is 19.2 Å². The molecule has 432 valence electrons. The van der Waals surface area contributed by atoms with Crippen LogP contribution < -0.4 is 5.11 Å². The number of ether oxygens (including phenoxy) is 4. The van der Waals surface area contributed by atoms with Crippen molar-refractivity contribution in [2.24, 2.45) is 51.8 Å². The zero-order valence-corrected chi connectivity index (χ0v) is 47.7. The van der Waals surface area contributed by atoms with Crippen molar-refractivity contribution in [1.29, 1.82) is 0 Å². The van der Waals surface area contributed by atoms with Crippen molar-refractivity contribution in [2.45, 2.75) is 182 Å². The number of hydrogen-bond acceptors (Lipinski definition) is 11. The van der Waals surface area contributed by atoms with Crippen molar-refractivity contribution in [3.63, 3.8) is 0 Å². The maximum atomic E-state index is 14.5. The lowest BCUT2D eigenvalue weighted by molar-refractivity contribution is -0.268. The number of para-hydroxylation sites is 1. The molecular weight excluding hydrogens is 1050 g/mol. The third-order valence-electron chi connectivity index (χ3n) is 18.1. The molecule has 12 unspecified atom stereocenters. The number of fused-ring (bicyclic) bond motifs is 3. The van der Waals surface area contributed by atoms with Crippen molar-refractivity contribution < 1.29 is 71.4 Å². The Labute approximate surface area is 470 Å². The summed E-state index contributed by atoms with van der Waals surface area (Å²) in [5.74, 6) is -4.20. The molecule has 0 radical (unpaired) electrons. The van der Waals surface area contributed by atoms with E-state index in [1.165, 1.54) is 39.0 Å². The Bertz CT molecular complexity index is 2730. The molecular formula is C64H77F3O12S. The fraction of sp³-hybridized carbons (Fsp3) is 0.547. The average Bonchev–Trinajstić information content (AvgIpc) is 4.33. The van der Waals surface area contributed by atoms with Gasteiger partial charge in [-0.05, 0) is 185 Å². The Kier molecular flexibility index (Phi) is 18.0. The van der Waals surface area contributed by atoms with Gasteiger partial charge < -0.3 is 34.3 Å². The molecule has 6 aliphatic rings. The SMILES string of the molecule is CCC(C)(CC(C)(CC(C)(C)C(=O)OC1(C)CCCC1)C(=O)OC1CC2CC(CC(C)(O)C(F)(F)F)C1C2)C(=O)OC1C2CC3C(=O)OC1C3C2.O=C(O)c1ccccc1[O-].c1ccc([S+](c2ccccc2)c2ccccc2)cc1. The van der Waals surface area contributed by atoms with Gasteiger partial charge in [-0.25, -0.2) is 4.79 Å². The number of carbonyl (C=O) groups is 5. The van der Waals surface area contributed by atoms with Crippen LogP contribution in [-0.2, 0) is 49.0 Å². The molecule has 16 heteroatoms. The first-order valence-electron chi connectivity index (χ1n) is 28.2. The zero-order valence-electron chi connectivity index (χ0n) is 46.9. The Morgan fingerprint density at radius 1 is 0.700 bits per heavy atom. The summed E-state index contributed by atoms with van der Waals surface area (Å²) in [6.07, 6.45) is -0.146. The quantitative estimate of drug-likeness (QED) is 0.0580. The molecule has 6 fully saturated rings. The van der Waals surface area contributed by atoms with Crippen molar-refractivity contribution in [3.05, 3.63) is 121 Å². The van der Waals surface area contributed by atoms with Crippen LogP contribution in [0.5, 0.6) is 5.75 Å². The van der Waals surface area contributed by atoms with Gasteiger partial charge in [-0.2, -0.15) is 13.2 Å². The number of aromatic carboxylic acids is 1. The van der Waals surface area contributed by atoms with Crippen LogP contribution in [0, 0.1) is 51.8 Å². The minimum absolute atomic E-state index is 0.000307. The van der Waals surface area contributed by atoms with Gasteiger partial charge >= 0.3 is 36.0 Å². The molecule has 2 N–H and O–H groups in total. The van der Waals surface area contributed by atoms with E-state index in [1.54, 1.807) is 27.7 Å². The summed E-state index contributed by atoms with van der Waals surface area (Å²) in [5, 5.41) is 29.3. The van der Waals surface area contributed by atoms with E-state index in [4.69, 9.17) is 24.1 Å². The highest BCUT2D eigenvalue weighted by Crippen LogP contribution is 2.57. The number of carboxylic acids is 1. The third kappa shape index (κ3) is 13.2. The number of benzene rings is 4. The van der Waals surface area contributed by atoms with E-state index >= 15 is 0 Å². The van der Waals surface area contributed by atoms with Gasteiger partial charge in [-0.15, -0.1) is 0 Å². The lowest BCUT2D eigenvalue weighted by Crippen LogP contribution is -2.48. The van der Waals surface area contributed by atoms with Gasteiger partial charge in [0.2, 0.25) is 0 Å². The number of halogens is 3. The zero-order chi connectivity index (χ0) is 58.0. The number of aliphatic hydroxyl groups is 1. The summed E-state index contributed by atoms with van der Waals surface area (Å²) in [7, 11) is -0.0146. The molecule has 80 heavy (non-hydrogen) atoms. The molecule has 1 heterocycles. The fourth-order valence-electron chi connectivity index (χ4n) is 13.8. The minimum Gasteiger partial charge on any atom is -0.872 e. The average molecular weight is 1130 g/mol. The summed E-state index contributed by atoms with van der Waals surface area (Å²) in [5.41, 5.74) is -7.35. The van der Waals surface area contributed by atoms with E-state index in [2.05, 4.69) is 91.0 Å². The Morgan fingerprint density at radius 3 is 1.74 bits per heavy atom. The number of hydrogen-bond donors (Lipinski definition) is 2. The predicted octanol–water partition coefficient (Wildman–Crippen LogP) is 12.5. The molecule has 0 spiro atoms. The molecule has 5 aliphatic carbocycles. The lowest BCUT2D eigenvalue weighted by Gasteiger charge is -2.42. The minimum atomic E-state index is -4.78. The predicted molar refractivity (Wildman–Crippen MR) is 292 cm³/mol. The van der Waals surface area contributed by atoms with Gasteiger partial charge in [0.25, 0.3) is 0 Å². The summed E-state index contributed by atoms with van der Waals surface area (Å²) in [6, 6.07) is 37.7. The summed E-state index contributed by atoms with van der Waals surface area (Å²) < 4.78 is 65.0. The van der Waals surface area contributed by atoms with Crippen LogP contribution in [0.3, 0.4) is 0 Å². The smallest absolute Gasteiger partial charge is 0.416 e. The second-order valence-electron chi connectivity index (χ2n) is 25.0. The third-order valence-corrected chi connectivity index (χ3v) is 20.3. The van der Waals surface area contributed by atoms with E-state index in [0.717, 1.165) is 39.0 Å². The number of carbonyl (C=O) groups excluding carboxylic acids is 4. The van der Waals surface area contributed by atoms with Crippen molar-refractivity contribution in [2.75, 3.05) is 0 Å². The van der Waals surface area contributed by atoms with Crippen LogP contribution in [-0.4, -0.2) is 75.7 Å². The molecule has 1 aliphatic heterocycles. The van der Waals surface area contributed by atoms with Crippen LogP contribution in [0.15, 0.2) is 130 Å². The van der Waals surface area contributed by atoms with Crippen molar-refractivity contribution >= 4 is 40.7 Å². The second kappa shape index (κ2) is 23.9. The summed E-state index contributed by atoms with van der Waals surface area (Å²) >= 11 is 0. The van der Waals surface area contributed by atoms with Crippen LogP contribution in [0.2, 0.25) is 0 Å². The lowest BCUT2D eigenvalue weighted by atomic mass is 9.65. The molecule has 5 saturated carbocycles. The topological polar surface area (TPSA) is 186 Å². The molecule has 4 aromatic carbocycles. The van der Waals surface area contributed by atoms with Gasteiger partial charge in [0.15, 0.2) is 20.3 Å². The maximum absolute atomic E-state index is 14.5. The van der Waals surface area contributed by atoms with Gasteiger partial charge in [0.05, 0.1) is 38.6 Å². The molecule has 0 amide bonds. The largest absolute Gasteiger partial charge is 0.872 e. The highest BCUT2D eigenvalue weighted by molar-refractivity contribution is 7.97. The maximum Gasteiger partial charge on any atom is 0.416 e. The highest BCUT2D eigenvalue weighted by atomic mass is 32.2. The van der Waals surface area contributed by atoms with E-state index < -0.39 is 93.9 Å². The first kappa shape index (κ1) is 60.2. The van der Waals surface area contributed by atoms with Crippen LogP contribution in [0.4, 0.5) is 13.2 Å². The number of rotatable bonds is 17. The van der Waals surface area contributed by atoms with Crippen LogP contribution in [0.25, 0.3) is 0 Å². The van der Waals surface area contributed by atoms with E-state index in [-0.39, 0.29) is 64.9 Å². The number of carboxylic acid groups (broad SMARTS) is 1. The Morgan fingerprint density at radius 2 is 1.24 bits per heavy atom. The van der Waals surface area contributed by atoms with Gasteiger partial charge in [0, 0.05) is 11.8 Å². The van der Waals surface area contributed by atoms with Crippen molar-refractivity contribution in [1.82, 2.24) is 0 Å². The van der Waals surface area contributed by atoms with Gasteiger partial charge in [-0.1, -0.05) is 85.5 Å². The molecule has 10 rings (SSSR count). The van der Waals surface area contributed by atoms with E-state index in [1.807, 2.05) is 13.8 Å². The first-order valence-corrected chi connectivity index (χ1v) is 29.4. The highest BCUT2D eigenvalue weighted by Gasteiger charge is 2.64. The Hall–Kier alpha value is -5.87. The molecule has 12 atom stereocenters. The molecule has 1 saturated heterocycles. The Balaban J connectivity index is 0.000000234. The molecule has 0 aromatic heterocycles. The van der Waals surface area contributed by atoms with E-state index in [0.29, 0.717) is 32.1 Å². The summed E-state index contributed by atoms with van der Waals surface area (Å²) in [6.45, 7) is 11.5. The second-order valence-corrected chi connectivity index (χ2v) is 27.0. The van der Waals surface area contributed by atoms with Crippen LogP contribution >= 0.6 is 0 Å². The molecule has 4 bridgehead atoms. The standard InChI is InChI=1S/C39H57F3O9.C18H15S.C7H6O3/c1-8-35(4,32(45)50-28-22-16-25-26(17-22)30(43)49-29(25)28)20-36(5,19-34(2,3)31(44)51-37(6)11-9-10-12-37)33(46)48-27-15-21-13-23(24(27)14-21)18-38(7,47)39(40,41)42;1-4-10-16(11-5-1)19(17-12-6-2-7-13-17)18-14-8-3-9-15-18;8-6-4-2-1-3-5(6)7(9)10/h21-29,47H,8-20H2,1-7H3;1-15H;1-4,8H,(H,9,10)/q;+1;/p-1.